The maximum Gasteiger partial charge on any atom is 0.231 e. The highest BCUT2D eigenvalue weighted by Crippen LogP contribution is 2.43. The van der Waals surface area contributed by atoms with Crippen LogP contribution in [0.15, 0.2) is 36.4 Å². The van der Waals surface area contributed by atoms with Gasteiger partial charge in [-0.2, -0.15) is 0 Å². The number of nitrogens with one attached hydrogen (secondary N) is 1. The molecule has 0 saturated heterocycles. The molecule has 1 atom stereocenters. The first-order valence-electron chi connectivity index (χ1n) is 7.39. The molecule has 2 aromatic carbocycles. The van der Waals surface area contributed by atoms with Crippen LogP contribution in [0.2, 0.25) is 0 Å². The Morgan fingerprint density at radius 1 is 1.23 bits per heavy atom. The van der Waals surface area contributed by atoms with Gasteiger partial charge in [0.05, 0.1) is 11.4 Å². The lowest BCUT2D eigenvalue weighted by Crippen LogP contribution is -2.41. The zero-order valence-electron chi connectivity index (χ0n) is 12.3. The minimum atomic E-state index is -0.203. The van der Waals surface area contributed by atoms with Crippen molar-refractivity contribution < 1.29 is 13.9 Å². The number of ether oxygens (including phenoxy) is 2. The Morgan fingerprint density at radius 2 is 2.05 bits per heavy atom. The van der Waals surface area contributed by atoms with Gasteiger partial charge in [0.1, 0.15) is 5.82 Å². The summed E-state index contributed by atoms with van der Waals surface area (Å²) in [6.45, 7) is 3.91. The SMILES string of the molecule is CC1CNc2cc3c(cc2N1Cc1cccc(F)c1)OCO3. The lowest BCUT2D eigenvalue weighted by Gasteiger charge is -2.38. The fourth-order valence-electron chi connectivity index (χ4n) is 2.99. The minimum Gasteiger partial charge on any atom is -0.454 e. The topological polar surface area (TPSA) is 33.7 Å². The Labute approximate surface area is 128 Å². The lowest BCUT2D eigenvalue weighted by molar-refractivity contribution is 0.174. The second-order valence-electron chi connectivity index (χ2n) is 5.71. The Hall–Kier alpha value is -2.43. The van der Waals surface area contributed by atoms with Gasteiger partial charge in [0.25, 0.3) is 0 Å². The van der Waals surface area contributed by atoms with Crippen LogP contribution in [0.25, 0.3) is 0 Å². The molecule has 2 heterocycles. The highest BCUT2D eigenvalue weighted by Gasteiger charge is 2.27. The van der Waals surface area contributed by atoms with E-state index in [1.54, 1.807) is 12.1 Å². The third-order valence-corrected chi connectivity index (χ3v) is 4.16. The van der Waals surface area contributed by atoms with Crippen molar-refractivity contribution in [3.05, 3.63) is 47.8 Å². The molecular weight excluding hydrogens is 283 g/mol. The van der Waals surface area contributed by atoms with Gasteiger partial charge in [-0.15, -0.1) is 0 Å². The third kappa shape index (κ3) is 2.22. The highest BCUT2D eigenvalue weighted by atomic mass is 19.1. The van der Waals surface area contributed by atoms with Crippen LogP contribution < -0.4 is 19.7 Å². The predicted molar refractivity (Wildman–Crippen MR) is 83.1 cm³/mol. The minimum absolute atomic E-state index is 0.203. The Balaban J connectivity index is 1.71. The van der Waals surface area contributed by atoms with E-state index in [0.717, 1.165) is 35.0 Å². The van der Waals surface area contributed by atoms with Crippen molar-refractivity contribution in [3.8, 4) is 11.5 Å². The summed E-state index contributed by atoms with van der Waals surface area (Å²) in [5.74, 6) is 1.33. The summed E-state index contributed by atoms with van der Waals surface area (Å²) in [5.41, 5.74) is 3.04. The van der Waals surface area contributed by atoms with Crippen molar-refractivity contribution in [2.45, 2.75) is 19.5 Å². The smallest absolute Gasteiger partial charge is 0.231 e. The van der Waals surface area contributed by atoms with Crippen LogP contribution in [-0.4, -0.2) is 19.4 Å². The quantitative estimate of drug-likeness (QED) is 0.922. The molecule has 4 rings (SSSR count). The predicted octanol–water partition coefficient (Wildman–Crippen LogP) is 3.38. The monoisotopic (exact) mass is 300 g/mol. The van der Waals surface area contributed by atoms with Crippen molar-refractivity contribution in [2.24, 2.45) is 0 Å². The van der Waals surface area contributed by atoms with Gasteiger partial charge in [0.15, 0.2) is 11.5 Å². The molecule has 0 spiro atoms. The number of benzene rings is 2. The second kappa shape index (κ2) is 5.09. The Kier molecular flexibility index (Phi) is 3.06. The van der Waals surface area contributed by atoms with Gasteiger partial charge in [0.2, 0.25) is 6.79 Å². The molecule has 0 bridgehead atoms. The van der Waals surface area contributed by atoms with Crippen LogP contribution in [0.5, 0.6) is 11.5 Å². The van der Waals surface area contributed by atoms with E-state index < -0.39 is 0 Å². The molecule has 0 saturated carbocycles. The van der Waals surface area contributed by atoms with Crippen molar-refractivity contribution >= 4 is 11.4 Å². The largest absolute Gasteiger partial charge is 0.454 e. The molecular formula is C17H17FN2O2. The van der Waals surface area contributed by atoms with E-state index in [9.17, 15) is 4.39 Å². The number of fused-ring (bicyclic) bond motifs is 2. The molecule has 1 unspecified atom stereocenters. The van der Waals surface area contributed by atoms with Gasteiger partial charge in [0, 0.05) is 31.3 Å². The zero-order valence-corrected chi connectivity index (χ0v) is 12.3. The number of hydrogen-bond acceptors (Lipinski definition) is 4. The first-order valence-corrected chi connectivity index (χ1v) is 7.39. The average Bonchev–Trinajstić information content (AvgIpc) is 2.96. The molecule has 0 radical (unpaired) electrons. The maximum absolute atomic E-state index is 13.4. The van der Waals surface area contributed by atoms with Crippen LogP contribution in [0, 0.1) is 5.82 Å². The maximum atomic E-state index is 13.4. The second-order valence-corrected chi connectivity index (χ2v) is 5.71. The summed E-state index contributed by atoms with van der Waals surface area (Å²) < 4.78 is 24.3. The van der Waals surface area contributed by atoms with Gasteiger partial charge in [-0.25, -0.2) is 4.39 Å². The standard InChI is InChI=1S/C17H17FN2O2/c1-11-8-19-14-6-16-17(22-10-21-16)7-15(14)20(11)9-12-3-2-4-13(18)5-12/h2-7,11,19H,8-10H2,1H3. The van der Waals surface area contributed by atoms with Crippen LogP contribution in [0.3, 0.4) is 0 Å². The van der Waals surface area contributed by atoms with E-state index in [-0.39, 0.29) is 12.6 Å². The lowest BCUT2D eigenvalue weighted by atomic mass is 10.1. The summed E-state index contributed by atoms with van der Waals surface area (Å²) in [4.78, 5) is 2.27. The van der Waals surface area contributed by atoms with Crippen molar-refractivity contribution in [1.29, 1.82) is 0 Å². The molecule has 5 heteroatoms. The fourth-order valence-corrected chi connectivity index (χ4v) is 2.99. The van der Waals surface area contributed by atoms with Crippen LogP contribution in [0.4, 0.5) is 15.8 Å². The summed E-state index contributed by atoms with van der Waals surface area (Å²) in [5, 5.41) is 3.42. The van der Waals surface area contributed by atoms with Crippen molar-refractivity contribution in [3.63, 3.8) is 0 Å². The molecule has 2 aliphatic heterocycles. The molecule has 114 valence electrons. The molecule has 0 aromatic heterocycles. The van der Waals surface area contributed by atoms with E-state index in [1.165, 1.54) is 6.07 Å². The first kappa shape index (κ1) is 13.2. The fraction of sp³-hybridized carbons (Fsp3) is 0.294. The van der Waals surface area contributed by atoms with Crippen LogP contribution in [0.1, 0.15) is 12.5 Å². The summed E-state index contributed by atoms with van der Waals surface area (Å²) in [7, 11) is 0. The van der Waals surface area contributed by atoms with Crippen molar-refractivity contribution in [2.75, 3.05) is 23.6 Å². The Morgan fingerprint density at radius 3 is 2.86 bits per heavy atom. The molecule has 2 aliphatic rings. The molecule has 4 nitrogen and oxygen atoms in total. The zero-order chi connectivity index (χ0) is 15.1. The van der Waals surface area contributed by atoms with Gasteiger partial charge in [-0.05, 0) is 24.6 Å². The number of nitrogens with zero attached hydrogens (tertiary/aromatic N) is 1. The summed E-state index contributed by atoms with van der Waals surface area (Å²) >= 11 is 0. The number of rotatable bonds is 2. The molecule has 1 N–H and O–H groups in total. The normalized spacial score (nSPS) is 18.8. The third-order valence-electron chi connectivity index (χ3n) is 4.16. The van der Waals surface area contributed by atoms with Crippen molar-refractivity contribution in [1.82, 2.24) is 0 Å². The summed E-state index contributed by atoms with van der Waals surface area (Å²) in [6.07, 6.45) is 0. The number of halogens is 1. The van der Waals surface area contributed by atoms with Gasteiger partial charge >= 0.3 is 0 Å². The van der Waals surface area contributed by atoms with Crippen LogP contribution >= 0.6 is 0 Å². The van der Waals surface area contributed by atoms with E-state index in [4.69, 9.17) is 9.47 Å². The molecule has 0 aliphatic carbocycles. The summed E-state index contributed by atoms with van der Waals surface area (Å²) in [6, 6.07) is 11.0. The van der Waals surface area contributed by atoms with E-state index >= 15 is 0 Å². The number of hydrogen-bond donors (Lipinski definition) is 1. The van der Waals surface area contributed by atoms with Gasteiger partial charge in [-0.3, -0.25) is 0 Å². The molecule has 2 aromatic rings. The number of anilines is 2. The molecule has 0 fully saturated rings. The van der Waals surface area contributed by atoms with E-state index in [1.807, 2.05) is 18.2 Å². The van der Waals surface area contributed by atoms with Gasteiger partial charge < -0.3 is 19.7 Å². The Bertz CT molecular complexity index is 720. The highest BCUT2D eigenvalue weighted by molar-refractivity contribution is 5.77. The van der Waals surface area contributed by atoms with Crippen LogP contribution in [-0.2, 0) is 6.54 Å². The molecule has 22 heavy (non-hydrogen) atoms. The van der Waals surface area contributed by atoms with Gasteiger partial charge in [-0.1, -0.05) is 12.1 Å². The first-order chi connectivity index (χ1) is 10.7. The molecule has 0 amide bonds. The average molecular weight is 300 g/mol. The van der Waals surface area contributed by atoms with E-state index in [2.05, 4.69) is 17.1 Å². The van der Waals surface area contributed by atoms with E-state index in [0.29, 0.717) is 12.6 Å².